The van der Waals surface area contributed by atoms with E-state index in [2.05, 4.69) is 15.5 Å². The number of rotatable bonds is 5. The maximum atomic E-state index is 11.9. The standard InChI is InChI=1S/C15H12ClN3O2S2/c1-9-2-4-10(5-3-9)17-13(20)8-22-15-19-18-14(21-15)11-6-7-12(16)23-11/h2-7H,8H2,1H3,(H,17,20). The molecule has 0 bridgehead atoms. The number of thioether (sulfide) groups is 1. The van der Waals surface area contributed by atoms with Gasteiger partial charge in [0.05, 0.1) is 15.0 Å². The zero-order valence-electron chi connectivity index (χ0n) is 12.1. The molecule has 0 aliphatic heterocycles. The third-order valence-corrected chi connectivity index (χ3v) is 4.89. The molecule has 23 heavy (non-hydrogen) atoms. The largest absolute Gasteiger partial charge is 0.410 e. The smallest absolute Gasteiger partial charge is 0.277 e. The molecule has 118 valence electrons. The summed E-state index contributed by atoms with van der Waals surface area (Å²) in [6.45, 7) is 2.00. The average Bonchev–Trinajstić information content (AvgIpc) is 3.16. The van der Waals surface area contributed by atoms with Crippen LogP contribution in [-0.4, -0.2) is 21.9 Å². The third-order valence-electron chi connectivity index (χ3n) is 2.85. The van der Waals surface area contributed by atoms with E-state index in [4.69, 9.17) is 16.0 Å². The summed E-state index contributed by atoms with van der Waals surface area (Å²) in [6, 6.07) is 11.2. The van der Waals surface area contributed by atoms with E-state index in [1.165, 1.54) is 23.1 Å². The number of aryl methyl sites for hydroxylation is 1. The Morgan fingerprint density at radius 2 is 2.04 bits per heavy atom. The van der Waals surface area contributed by atoms with Crippen molar-refractivity contribution in [3.8, 4) is 10.8 Å². The van der Waals surface area contributed by atoms with Crippen LogP contribution in [0.4, 0.5) is 5.69 Å². The fraction of sp³-hybridized carbons (Fsp3) is 0.133. The molecule has 3 aromatic rings. The van der Waals surface area contributed by atoms with E-state index in [9.17, 15) is 4.79 Å². The van der Waals surface area contributed by atoms with Gasteiger partial charge in [-0.25, -0.2) is 0 Å². The van der Waals surface area contributed by atoms with Gasteiger partial charge in [-0.05, 0) is 31.2 Å². The molecule has 0 atom stereocenters. The summed E-state index contributed by atoms with van der Waals surface area (Å²) in [5.74, 6) is 0.474. The zero-order chi connectivity index (χ0) is 16.2. The van der Waals surface area contributed by atoms with E-state index in [0.717, 1.165) is 16.1 Å². The highest BCUT2D eigenvalue weighted by Gasteiger charge is 2.12. The molecule has 8 heteroatoms. The Morgan fingerprint density at radius 3 is 2.74 bits per heavy atom. The number of amides is 1. The number of hydrogen-bond acceptors (Lipinski definition) is 6. The second-order valence-corrected chi connectivity index (χ2v) is 7.32. The summed E-state index contributed by atoms with van der Waals surface area (Å²) in [6.07, 6.45) is 0. The van der Waals surface area contributed by atoms with Crippen LogP contribution in [0.3, 0.4) is 0 Å². The number of halogens is 1. The van der Waals surface area contributed by atoms with Gasteiger partial charge in [-0.3, -0.25) is 4.79 Å². The molecular formula is C15H12ClN3O2S2. The number of aromatic nitrogens is 2. The Morgan fingerprint density at radius 1 is 1.26 bits per heavy atom. The first kappa shape index (κ1) is 16.0. The highest BCUT2D eigenvalue weighted by Crippen LogP contribution is 2.31. The number of hydrogen-bond donors (Lipinski definition) is 1. The molecule has 0 unspecified atom stereocenters. The van der Waals surface area contributed by atoms with Gasteiger partial charge in [-0.2, -0.15) is 0 Å². The summed E-state index contributed by atoms with van der Waals surface area (Å²) >= 11 is 8.43. The minimum Gasteiger partial charge on any atom is -0.410 e. The minimum atomic E-state index is -0.127. The number of carbonyl (C=O) groups excluding carboxylic acids is 1. The molecule has 2 heterocycles. The molecule has 0 saturated carbocycles. The molecule has 1 aromatic carbocycles. The fourth-order valence-corrected chi connectivity index (χ4v) is 3.29. The molecule has 0 spiro atoms. The lowest BCUT2D eigenvalue weighted by atomic mass is 10.2. The van der Waals surface area contributed by atoms with Gasteiger partial charge in [0.2, 0.25) is 5.91 Å². The van der Waals surface area contributed by atoms with Gasteiger partial charge in [0.1, 0.15) is 0 Å². The van der Waals surface area contributed by atoms with E-state index < -0.39 is 0 Å². The van der Waals surface area contributed by atoms with Crippen LogP contribution in [0.15, 0.2) is 46.0 Å². The Labute approximate surface area is 146 Å². The molecule has 5 nitrogen and oxygen atoms in total. The first-order chi connectivity index (χ1) is 11.1. The van der Waals surface area contributed by atoms with Gasteiger partial charge in [-0.15, -0.1) is 21.5 Å². The second-order valence-electron chi connectivity index (χ2n) is 4.68. The van der Waals surface area contributed by atoms with Crippen LogP contribution in [-0.2, 0) is 4.79 Å². The first-order valence-electron chi connectivity index (χ1n) is 6.69. The van der Waals surface area contributed by atoms with E-state index in [1.807, 2.05) is 37.3 Å². The summed E-state index contributed by atoms with van der Waals surface area (Å²) < 4.78 is 6.17. The predicted octanol–water partition coefficient (Wildman–Crippen LogP) is 4.49. The molecule has 0 fully saturated rings. The van der Waals surface area contributed by atoms with Crippen molar-refractivity contribution in [1.29, 1.82) is 0 Å². The van der Waals surface area contributed by atoms with Crippen molar-refractivity contribution in [1.82, 2.24) is 10.2 Å². The molecule has 2 aromatic heterocycles. The van der Waals surface area contributed by atoms with Crippen LogP contribution < -0.4 is 5.32 Å². The predicted molar refractivity (Wildman–Crippen MR) is 93.2 cm³/mol. The number of nitrogens with zero attached hydrogens (tertiary/aromatic N) is 2. The maximum Gasteiger partial charge on any atom is 0.277 e. The summed E-state index contributed by atoms with van der Waals surface area (Å²) in [5.41, 5.74) is 1.91. The highest BCUT2D eigenvalue weighted by atomic mass is 35.5. The lowest BCUT2D eigenvalue weighted by molar-refractivity contribution is -0.113. The minimum absolute atomic E-state index is 0.127. The van der Waals surface area contributed by atoms with Crippen LogP contribution >= 0.6 is 34.7 Å². The molecule has 0 saturated heterocycles. The Kier molecular flexibility index (Phi) is 5.00. The zero-order valence-corrected chi connectivity index (χ0v) is 14.5. The van der Waals surface area contributed by atoms with Gasteiger partial charge >= 0.3 is 0 Å². The van der Waals surface area contributed by atoms with Crippen molar-refractivity contribution in [2.75, 3.05) is 11.1 Å². The van der Waals surface area contributed by atoms with Crippen molar-refractivity contribution in [3.63, 3.8) is 0 Å². The monoisotopic (exact) mass is 365 g/mol. The van der Waals surface area contributed by atoms with E-state index in [1.54, 1.807) is 6.07 Å². The summed E-state index contributed by atoms with van der Waals surface area (Å²) in [4.78, 5) is 12.7. The Hall–Kier alpha value is -1.83. The quantitative estimate of drug-likeness (QED) is 0.674. The SMILES string of the molecule is Cc1ccc(NC(=O)CSc2nnc(-c3ccc(Cl)s3)o2)cc1. The molecule has 1 N–H and O–H groups in total. The van der Waals surface area contributed by atoms with E-state index >= 15 is 0 Å². The number of thiophene rings is 1. The van der Waals surface area contributed by atoms with Gasteiger partial charge in [0, 0.05) is 5.69 Å². The van der Waals surface area contributed by atoms with Crippen LogP contribution in [0.25, 0.3) is 10.8 Å². The van der Waals surface area contributed by atoms with Gasteiger partial charge in [-0.1, -0.05) is 41.1 Å². The lowest BCUT2D eigenvalue weighted by Crippen LogP contribution is -2.13. The topological polar surface area (TPSA) is 68.0 Å². The van der Waals surface area contributed by atoms with Gasteiger partial charge < -0.3 is 9.73 Å². The van der Waals surface area contributed by atoms with Crippen LogP contribution in [0.2, 0.25) is 4.34 Å². The number of benzene rings is 1. The number of carbonyl (C=O) groups is 1. The molecular weight excluding hydrogens is 354 g/mol. The van der Waals surface area contributed by atoms with Gasteiger partial charge in [0.25, 0.3) is 11.1 Å². The fourth-order valence-electron chi connectivity index (χ4n) is 1.76. The van der Waals surface area contributed by atoms with Gasteiger partial charge in [0.15, 0.2) is 0 Å². The average molecular weight is 366 g/mol. The van der Waals surface area contributed by atoms with Crippen LogP contribution in [0.5, 0.6) is 0 Å². The molecule has 0 radical (unpaired) electrons. The lowest BCUT2D eigenvalue weighted by Gasteiger charge is -2.03. The summed E-state index contributed by atoms with van der Waals surface area (Å²) in [7, 11) is 0. The third kappa shape index (κ3) is 4.34. The number of nitrogens with one attached hydrogen (secondary N) is 1. The number of anilines is 1. The maximum absolute atomic E-state index is 11.9. The highest BCUT2D eigenvalue weighted by molar-refractivity contribution is 7.99. The Bertz CT molecular complexity index is 814. The Balaban J connectivity index is 1.55. The summed E-state index contributed by atoms with van der Waals surface area (Å²) in [5, 5.41) is 11.0. The molecule has 1 amide bonds. The van der Waals surface area contributed by atoms with Crippen molar-refractivity contribution in [2.24, 2.45) is 0 Å². The normalized spacial score (nSPS) is 10.7. The van der Waals surface area contributed by atoms with Crippen LogP contribution in [0.1, 0.15) is 5.56 Å². The van der Waals surface area contributed by atoms with Crippen LogP contribution in [0, 0.1) is 6.92 Å². The molecule has 0 aliphatic carbocycles. The van der Waals surface area contributed by atoms with Crippen molar-refractivity contribution in [2.45, 2.75) is 12.1 Å². The first-order valence-corrected chi connectivity index (χ1v) is 8.87. The second kappa shape index (κ2) is 7.16. The molecule has 3 rings (SSSR count). The molecule has 0 aliphatic rings. The van der Waals surface area contributed by atoms with Crippen molar-refractivity contribution < 1.29 is 9.21 Å². The van der Waals surface area contributed by atoms with E-state index in [-0.39, 0.29) is 11.7 Å². The van der Waals surface area contributed by atoms with Crippen molar-refractivity contribution >= 4 is 46.3 Å². The van der Waals surface area contributed by atoms with E-state index in [0.29, 0.717) is 15.4 Å². The van der Waals surface area contributed by atoms with Crippen molar-refractivity contribution in [3.05, 3.63) is 46.3 Å².